The summed E-state index contributed by atoms with van der Waals surface area (Å²) in [5.41, 5.74) is 20.1. The van der Waals surface area contributed by atoms with E-state index in [0.717, 1.165) is 27.6 Å². The lowest BCUT2D eigenvalue weighted by molar-refractivity contribution is 0.602. The van der Waals surface area contributed by atoms with Gasteiger partial charge in [0.15, 0.2) is 0 Å². The molecule has 0 saturated carbocycles. The van der Waals surface area contributed by atoms with Crippen LogP contribution in [0.1, 0.15) is 48.8 Å². The van der Waals surface area contributed by atoms with E-state index in [4.69, 9.17) is 11.5 Å². The average Bonchev–Trinajstić information content (AvgIpc) is 2.80. The van der Waals surface area contributed by atoms with E-state index in [1.54, 1.807) is 0 Å². The van der Waals surface area contributed by atoms with E-state index >= 15 is 0 Å². The van der Waals surface area contributed by atoms with Crippen LogP contribution in [0, 0.1) is 0 Å². The summed E-state index contributed by atoms with van der Waals surface area (Å²) in [4.78, 5) is 2.02. The van der Waals surface area contributed by atoms with Crippen molar-refractivity contribution in [2.24, 2.45) is 5.73 Å². The number of nitrogens with zero attached hydrogens (tertiary/aromatic N) is 1. The summed E-state index contributed by atoms with van der Waals surface area (Å²) in [5, 5.41) is 2.24. The predicted molar refractivity (Wildman–Crippen MR) is 127 cm³/mol. The van der Waals surface area contributed by atoms with E-state index in [9.17, 15) is 0 Å². The average molecular weight is 395 g/mol. The van der Waals surface area contributed by atoms with Gasteiger partial charge >= 0.3 is 0 Å². The molecule has 0 aromatic heterocycles. The number of nitrogens with two attached hydrogens (primary N) is 1. The molecule has 4 aromatic carbocycles. The fraction of sp³-hybridized carbons (Fsp3) is 0.185. The molecule has 0 spiro atoms. The van der Waals surface area contributed by atoms with Crippen LogP contribution in [-0.4, -0.2) is 0 Å². The molecule has 0 aliphatic heterocycles. The standard InChI is InChI=1S/C27H28N3/c1-19(2)20-15-17-23(18-16-20)27(29)30(26(28)22-10-4-3-5-11-22)25-14-8-12-21-9-6-7-13-24(21)25/h3-19,26-28H,29H2,1-2H3/q-1. The van der Waals surface area contributed by atoms with Crippen molar-refractivity contribution in [3.63, 3.8) is 0 Å². The van der Waals surface area contributed by atoms with Gasteiger partial charge in [0, 0.05) is 11.1 Å². The Morgan fingerprint density at radius 2 is 1.27 bits per heavy atom. The zero-order valence-corrected chi connectivity index (χ0v) is 17.5. The zero-order chi connectivity index (χ0) is 21.1. The molecule has 0 aliphatic carbocycles. The van der Waals surface area contributed by atoms with Crippen molar-refractivity contribution in [1.29, 1.82) is 0 Å². The molecule has 3 heteroatoms. The fourth-order valence-corrected chi connectivity index (χ4v) is 3.92. The van der Waals surface area contributed by atoms with Crippen LogP contribution in [0.3, 0.4) is 0 Å². The van der Waals surface area contributed by atoms with Gasteiger partial charge in [0.2, 0.25) is 0 Å². The van der Waals surface area contributed by atoms with Gasteiger partial charge in [-0.05, 0) is 40.2 Å². The lowest BCUT2D eigenvalue weighted by Crippen LogP contribution is -2.36. The molecule has 0 amide bonds. The summed E-state index contributed by atoms with van der Waals surface area (Å²) in [5.74, 6) is 0.470. The van der Waals surface area contributed by atoms with Gasteiger partial charge in [0.1, 0.15) is 6.17 Å². The molecule has 0 saturated heterocycles. The highest BCUT2D eigenvalue weighted by Crippen LogP contribution is 2.38. The Labute approximate surface area is 178 Å². The fourth-order valence-electron chi connectivity index (χ4n) is 3.92. The lowest BCUT2D eigenvalue weighted by atomic mass is 9.99. The molecule has 0 fully saturated rings. The van der Waals surface area contributed by atoms with Crippen LogP contribution in [0.25, 0.3) is 16.5 Å². The molecule has 3 nitrogen and oxygen atoms in total. The summed E-state index contributed by atoms with van der Waals surface area (Å²) >= 11 is 0. The first kappa shape index (κ1) is 20.1. The third-order valence-corrected chi connectivity index (χ3v) is 5.68. The molecule has 2 unspecified atom stereocenters. The van der Waals surface area contributed by atoms with Crippen molar-refractivity contribution in [3.8, 4) is 0 Å². The Kier molecular flexibility index (Phi) is 5.84. The van der Waals surface area contributed by atoms with E-state index in [0.29, 0.717) is 5.92 Å². The zero-order valence-electron chi connectivity index (χ0n) is 17.5. The summed E-state index contributed by atoms with van der Waals surface area (Å²) in [6.45, 7) is 4.37. The second kappa shape index (κ2) is 8.70. The van der Waals surface area contributed by atoms with Gasteiger partial charge in [-0.2, -0.15) is 0 Å². The highest BCUT2D eigenvalue weighted by Gasteiger charge is 2.22. The number of fused-ring (bicyclic) bond motifs is 1. The second-order valence-electron chi connectivity index (χ2n) is 7.98. The maximum absolute atomic E-state index is 9.12. The number of benzene rings is 4. The van der Waals surface area contributed by atoms with E-state index < -0.39 is 12.3 Å². The van der Waals surface area contributed by atoms with Gasteiger partial charge in [-0.3, -0.25) is 0 Å². The van der Waals surface area contributed by atoms with Gasteiger partial charge < -0.3 is 16.4 Å². The quantitative estimate of drug-likeness (QED) is 0.352. The summed E-state index contributed by atoms with van der Waals surface area (Å²) in [7, 11) is 0. The van der Waals surface area contributed by atoms with Crippen LogP contribution in [-0.2, 0) is 0 Å². The van der Waals surface area contributed by atoms with Gasteiger partial charge in [-0.1, -0.05) is 105 Å². The minimum atomic E-state index is -0.628. The molecule has 152 valence electrons. The number of hydrogen-bond acceptors (Lipinski definition) is 2. The van der Waals surface area contributed by atoms with Crippen molar-refractivity contribution in [3.05, 3.63) is 119 Å². The van der Waals surface area contributed by atoms with Crippen molar-refractivity contribution in [2.45, 2.75) is 32.1 Å². The molecule has 30 heavy (non-hydrogen) atoms. The SMILES string of the molecule is CC(C)c1ccc(C(N)N(c2cccc3ccccc23)C([NH-])c2ccccc2)cc1. The topological polar surface area (TPSA) is 53.1 Å². The van der Waals surface area contributed by atoms with Crippen molar-refractivity contribution in [2.75, 3.05) is 4.90 Å². The van der Waals surface area contributed by atoms with Crippen LogP contribution >= 0.6 is 0 Å². The van der Waals surface area contributed by atoms with Crippen LogP contribution in [0.2, 0.25) is 0 Å². The molecule has 4 aromatic rings. The van der Waals surface area contributed by atoms with E-state index in [1.807, 2.05) is 53.4 Å². The Bertz CT molecular complexity index is 1100. The highest BCUT2D eigenvalue weighted by molar-refractivity contribution is 5.94. The Morgan fingerprint density at radius 1 is 0.667 bits per heavy atom. The molecule has 0 radical (unpaired) electrons. The third-order valence-electron chi connectivity index (χ3n) is 5.68. The molecule has 3 N–H and O–H groups in total. The Morgan fingerprint density at radius 3 is 1.97 bits per heavy atom. The van der Waals surface area contributed by atoms with Crippen LogP contribution < -0.4 is 10.6 Å². The minimum absolute atomic E-state index is 0.445. The molecule has 4 rings (SSSR count). The van der Waals surface area contributed by atoms with Crippen LogP contribution in [0.4, 0.5) is 5.69 Å². The Hall–Kier alpha value is -3.14. The van der Waals surface area contributed by atoms with Crippen molar-refractivity contribution in [1.82, 2.24) is 0 Å². The van der Waals surface area contributed by atoms with E-state index in [-0.39, 0.29) is 0 Å². The molecule has 2 atom stereocenters. The second-order valence-corrected chi connectivity index (χ2v) is 7.98. The Balaban J connectivity index is 1.83. The molecule has 0 bridgehead atoms. The number of nitrogens with one attached hydrogen (secondary N) is 1. The summed E-state index contributed by atoms with van der Waals surface area (Å²) in [6.07, 6.45) is -1.07. The third kappa shape index (κ3) is 3.95. The number of hydrogen-bond donors (Lipinski definition) is 1. The van der Waals surface area contributed by atoms with E-state index in [2.05, 4.69) is 62.4 Å². The maximum Gasteiger partial charge on any atom is 0.102 e. The van der Waals surface area contributed by atoms with Gasteiger partial charge in [-0.15, -0.1) is 0 Å². The van der Waals surface area contributed by atoms with Crippen molar-refractivity contribution >= 4 is 16.5 Å². The highest BCUT2D eigenvalue weighted by atomic mass is 15.3. The summed E-state index contributed by atoms with van der Waals surface area (Å²) < 4.78 is 0. The first-order chi connectivity index (χ1) is 14.6. The van der Waals surface area contributed by atoms with Crippen molar-refractivity contribution < 1.29 is 0 Å². The molecular weight excluding hydrogens is 366 g/mol. The number of anilines is 1. The minimum Gasteiger partial charge on any atom is -0.653 e. The van der Waals surface area contributed by atoms with Crippen LogP contribution in [0.15, 0.2) is 97.1 Å². The first-order valence-electron chi connectivity index (χ1n) is 10.4. The maximum atomic E-state index is 9.12. The van der Waals surface area contributed by atoms with Crippen LogP contribution in [0.5, 0.6) is 0 Å². The first-order valence-corrected chi connectivity index (χ1v) is 10.4. The summed E-state index contributed by atoms with van der Waals surface area (Å²) in [6, 6.07) is 32.8. The van der Waals surface area contributed by atoms with E-state index in [1.165, 1.54) is 5.56 Å². The molecular formula is C27H28N3-. The lowest BCUT2D eigenvalue weighted by Gasteiger charge is -2.42. The largest absolute Gasteiger partial charge is 0.653 e. The van der Waals surface area contributed by atoms with Gasteiger partial charge in [0.05, 0.1) is 0 Å². The molecule has 0 aliphatic rings. The smallest absolute Gasteiger partial charge is 0.102 e. The predicted octanol–water partition coefficient (Wildman–Crippen LogP) is 7.18. The molecule has 0 heterocycles. The van der Waals surface area contributed by atoms with Gasteiger partial charge in [0.25, 0.3) is 0 Å². The normalized spacial score (nSPS) is 13.4. The number of rotatable bonds is 6. The van der Waals surface area contributed by atoms with Gasteiger partial charge in [-0.25, -0.2) is 0 Å². The monoisotopic (exact) mass is 394 g/mol.